The molecule has 1 aliphatic rings. The van der Waals surface area contributed by atoms with E-state index in [4.69, 9.17) is 5.26 Å². The van der Waals surface area contributed by atoms with Crippen molar-refractivity contribution < 1.29 is 0 Å². The molecule has 5 nitrogen and oxygen atoms in total. The molecule has 1 atom stereocenters. The van der Waals surface area contributed by atoms with Gasteiger partial charge in [-0.1, -0.05) is 18.2 Å². The van der Waals surface area contributed by atoms with Gasteiger partial charge in [0.1, 0.15) is 0 Å². The van der Waals surface area contributed by atoms with Crippen LogP contribution in [0.25, 0.3) is 5.65 Å². The molecule has 0 bridgehead atoms. The van der Waals surface area contributed by atoms with Gasteiger partial charge in [0.2, 0.25) is 0 Å². The number of likely N-dealkylation sites (tertiary alicyclic amines) is 1. The van der Waals surface area contributed by atoms with Crippen molar-refractivity contribution in [2.75, 3.05) is 6.54 Å². The molecular formula is C18H17N5. The van der Waals surface area contributed by atoms with Gasteiger partial charge in [0.05, 0.1) is 17.7 Å². The lowest BCUT2D eigenvalue weighted by molar-refractivity contribution is 0.238. The maximum absolute atomic E-state index is 9.06. The molecule has 1 saturated heterocycles. The van der Waals surface area contributed by atoms with Gasteiger partial charge in [-0.15, -0.1) is 10.2 Å². The highest BCUT2D eigenvalue weighted by Gasteiger charge is 2.29. The molecule has 4 rings (SSSR count). The first-order valence-electron chi connectivity index (χ1n) is 7.88. The molecule has 0 N–H and O–H groups in total. The van der Waals surface area contributed by atoms with E-state index >= 15 is 0 Å². The smallest absolute Gasteiger partial charge is 0.160 e. The van der Waals surface area contributed by atoms with E-state index in [9.17, 15) is 0 Å². The molecule has 3 aromatic rings. The van der Waals surface area contributed by atoms with Crippen molar-refractivity contribution in [2.45, 2.75) is 25.4 Å². The van der Waals surface area contributed by atoms with Crippen LogP contribution in [0.5, 0.6) is 0 Å². The van der Waals surface area contributed by atoms with Crippen molar-refractivity contribution in [1.29, 1.82) is 5.26 Å². The van der Waals surface area contributed by atoms with Crippen molar-refractivity contribution in [3.05, 3.63) is 65.6 Å². The van der Waals surface area contributed by atoms with Crippen molar-refractivity contribution in [3.63, 3.8) is 0 Å². The minimum Gasteiger partial charge on any atom is -0.289 e. The highest BCUT2D eigenvalue weighted by Crippen LogP contribution is 2.32. The van der Waals surface area contributed by atoms with Crippen LogP contribution in [0.1, 0.15) is 35.8 Å². The standard InChI is InChI=1S/C18H17N5/c19-12-14-5-3-6-15(11-14)13-22-9-4-7-16(22)18-21-20-17-8-1-2-10-23(17)18/h1-3,5-6,8,10-11,16H,4,7,9,13H2. The summed E-state index contributed by atoms with van der Waals surface area (Å²) >= 11 is 0. The van der Waals surface area contributed by atoms with Gasteiger partial charge in [-0.05, 0) is 49.2 Å². The Labute approximate surface area is 134 Å². The average molecular weight is 303 g/mol. The molecule has 114 valence electrons. The van der Waals surface area contributed by atoms with E-state index in [2.05, 4.69) is 31.6 Å². The summed E-state index contributed by atoms with van der Waals surface area (Å²) < 4.78 is 2.08. The molecular weight excluding hydrogens is 286 g/mol. The Morgan fingerprint density at radius 1 is 1.17 bits per heavy atom. The predicted octanol–water partition coefficient (Wildman–Crippen LogP) is 2.94. The Balaban J connectivity index is 1.63. The zero-order chi connectivity index (χ0) is 15.6. The lowest BCUT2D eigenvalue weighted by atomic mass is 10.1. The van der Waals surface area contributed by atoms with Gasteiger partial charge in [0, 0.05) is 12.7 Å². The van der Waals surface area contributed by atoms with Crippen LogP contribution in [0.15, 0.2) is 48.7 Å². The number of fused-ring (bicyclic) bond motifs is 1. The Bertz CT molecular complexity index is 876. The van der Waals surface area contributed by atoms with Crippen molar-refractivity contribution in [2.24, 2.45) is 0 Å². The van der Waals surface area contributed by atoms with Crippen LogP contribution in [0.2, 0.25) is 0 Å². The second-order valence-electron chi connectivity index (χ2n) is 5.93. The van der Waals surface area contributed by atoms with E-state index in [-0.39, 0.29) is 6.04 Å². The maximum Gasteiger partial charge on any atom is 0.160 e. The number of benzene rings is 1. The van der Waals surface area contributed by atoms with Gasteiger partial charge in [-0.25, -0.2) is 0 Å². The number of nitrogens with zero attached hydrogens (tertiary/aromatic N) is 5. The molecule has 23 heavy (non-hydrogen) atoms. The minimum absolute atomic E-state index is 0.276. The number of pyridine rings is 1. The first-order valence-corrected chi connectivity index (χ1v) is 7.88. The third-order valence-electron chi connectivity index (χ3n) is 4.44. The molecule has 1 unspecified atom stereocenters. The van der Waals surface area contributed by atoms with Gasteiger partial charge in [0.15, 0.2) is 11.5 Å². The van der Waals surface area contributed by atoms with Crippen LogP contribution in [-0.4, -0.2) is 26.0 Å². The summed E-state index contributed by atoms with van der Waals surface area (Å²) in [7, 11) is 0. The van der Waals surface area contributed by atoms with E-state index in [1.165, 1.54) is 5.56 Å². The number of hydrogen-bond donors (Lipinski definition) is 0. The summed E-state index contributed by atoms with van der Waals surface area (Å²) in [4.78, 5) is 2.43. The summed E-state index contributed by atoms with van der Waals surface area (Å²) in [5.74, 6) is 1.01. The Hall–Kier alpha value is -2.71. The highest BCUT2D eigenvalue weighted by molar-refractivity contribution is 5.38. The second-order valence-corrected chi connectivity index (χ2v) is 5.93. The van der Waals surface area contributed by atoms with Crippen LogP contribution >= 0.6 is 0 Å². The number of nitriles is 1. The number of hydrogen-bond acceptors (Lipinski definition) is 4. The van der Waals surface area contributed by atoms with Gasteiger partial charge < -0.3 is 0 Å². The second kappa shape index (κ2) is 5.82. The molecule has 5 heteroatoms. The molecule has 0 radical (unpaired) electrons. The summed E-state index contributed by atoms with van der Waals surface area (Å²) in [6.07, 6.45) is 4.27. The number of aromatic nitrogens is 3. The molecule has 1 fully saturated rings. The minimum atomic E-state index is 0.276. The quantitative estimate of drug-likeness (QED) is 0.746. The van der Waals surface area contributed by atoms with E-state index in [1.807, 2.05) is 42.6 Å². The molecule has 1 aromatic carbocycles. The van der Waals surface area contributed by atoms with E-state index in [0.717, 1.165) is 37.4 Å². The molecule has 0 aliphatic carbocycles. The van der Waals surface area contributed by atoms with Crippen LogP contribution in [-0.2, 0) is 6.54 Å². The molecule has 0 amide bonds. The largest absolute Gasteiger partial charge is 0.289 e. The van der Waals surface area contributed by atoms with Gasteiger partial charge >= 0.3 is 0 Å². The van der Waals surface area contributed by atoms with Crippen LogP contribution in [0, 0.1) is 11.3 Å². The molecule has 0 spiro atoms. The van der Waals surface area contributed by atoms with Gasteiger partial charge in [0.25, 0.3) is 0 Å². The SMILES string of the molecule is N#Cc1cccc(CN2CCCC2c2nnc3ccccn23)c1. The summed E-state index contributed by atoms with van der Waals surface area (Å²) in [5.41, 5.74) is 2.77. The normalized spacial score (nSPS) is 18.3. The average Bonchev–Trinajstić information content (AvgIpc) is 3.21. The van der Waals surface area contributed by atoms with Gasteiger partial charge in [-0.2, -0.15) is 5.26 Å². The van der Waals surface area contributed by atoms with E-state index < -0.39 is 0 Å². The lowest BCUT2D eigenvalue weighted by Crippen LogP contribution is -2.24. The summed E-state index contributed by atoms with van der Waals surface area (Å²) in [6.45, 7) is 1.88. The van der Waals surface area contributed by atoms with Crippen LogP contribution in [0.3, 0.4) is 0 Å². The fourth-order valence-electron chi connectivity index (χ4n) is 3.37. The first kappa shape index (κ1) is 13.9. The van der Waals surface area contributed by atoms with Crippen molar-refractivity contribution in [1.82, 2.24) is 19.5 Å². The fourth-order valence-corrected chi connectivity index (χ4v) is 3.37. The van der Waals surface area contributed by atoms with Crippen LogP contribution < -0.4 is 0 Å². The van der Waals surface area contributed by atoms with Crippen molar-refractivity contribution >= 4 is 5.65 Å². The monoisotopic (exact) mass is 303 g/mol. The van der Waals surface area contributed by atoms with E-state index in [0.29, 0.717) is 5.56 Å². The summed E-state index contributed by atoms with van der Waals surface area (Å²) in [5, 5.41) is 17.8. The van der Waals surface area contributed by atoms with Gasteiger partial charge in [-0.3, -0.25) is 9.30 Å². The number of rotatable bonds is 3. The zero-order valence-corrected chi connectivity index (χ0v) is 12.8. The Morgan fingerprint density at radius 3 is 3.04 bits per heavy atom. The zero-order valence-electron chi connectivity index (χ0n) is 12.8. The molecule has 0 saturated carbocycles. The fraction of sp³-hybridized carbons (Fsp3) is 0.278. The first-order chi connectivity index (χ1) is 11.3. The molecule has 2 aromatic heterocycles. The van der Waals surface area contributed by atoms with E-state index in [1.54, 1.807) is 0 Å². The van der Waals surface area contributed by atoms with Crippen molar-refractivity contribution in [3.8, 4) is 6.07 Å². The third-order valence-corrected chi connectivity index (χ3v) is 4.44. The third kappa shape index (κ3) is 2.58. The molecule has 3 heterocycles. The maximum atomic E-state index is 9.06. The Kier molecular flexibility index (Phi) is 3.52. The highest BCUT2D eigenvalue weighted by atomic mass is 15.3. The lowest BCUT2D eigenvalue weighted by Gasteiger charge is -2.23. The predicted molar refractivity (Wildman–Crippen MR) is 86.5 cm³/mol. The molecule has 1 aliphatic heterocycles. The topological polar surface area (TPSA) is 57.2 Å². The Morgan fingerprint density at radius 2 is 2.13 bits per heavy atom. The summed E-state index contributed by atoms with van der Waals surface area (Å²) in [6, 6.07) is 16.3. The van der Waals surface area contributed by atoms with Crippen LogP contribution in [0.4, 0.5) is 0 Å².